The summed E-state index contributed by atoms with van der Waals surface area (Å²) >= 11 is 0. The van der Waals surface area contributed by atoms with Crippen LogP contribution in [-0.4, -0.2) is 29.5 Å². The number of hydrogen-bond donors (Lipinski definition) is 1. The van der Waals surface area contributed by atoms with Crippen molar-refractivity contribution >= 4 is 23.3 Å². The highest BCUT2D eigenvalue weighted by molar-refractivity contribution is 5.93. The van der Waals surface area contributed by atoms with Gasteiger partial charge in [0.2, 0.25) is 0 Å². The Morgan fingerprint density at radius 2 is 1.85 bits per heavy atom. The van der Waals surface area contributed by atoms with Crippen LogP contribution >= 0.6 is 0 Å². The van der Waals surface area contributed by atoms with Gasteiger partial charge in [-0.05, 0) is 37.3 Å². The van der Waals surface area contributed by atoms with Gasteiger partial charge < -0.3 is 14.8 Å². The molecule has 2 aromatic carbocycles. The molecule has 10 heteroatoms. The Labute approximate surface area is 151 Å². The van der Waals surface area contributed by atoms with Crippen LogP contribution in [0.2, 0.25) is 0 Å². The highest BCUT2D eigenvalue weighted by Gasteiger charge is 2.19. The quantitative estimate of drug-likeness (QED) is 0.450. The van der Waals surface area contributed by atoms with Crippen molar-refractivity contribution < 1.29 is 32.8 Å². The lowest BCUT2D eigenvalue weighted by Gasteiger charge is -2.14. The second-order valence-corrected chi connectivity index (χ2v) is 5.29. The van der Waals surface area contributed by atoms with Gasteiger partial charge in [-0.15, -0.1) is 0 Å². The fourth-order valence-electron chi connectivity index (χ4n) is 1.93. The molecule has 0 radical (unpaired) electrons. The van der Waals surface area contributed by atoms with E-state index in [4.69, 9.17) is 9.47 Å². The van der Waals surface area contributed by atoms with Crippen LogP contribution in [0, 0.1) is 21.7 Å². The molecule has 0 spiro atoms. The average Bonchev–Trinajstić information content (AvgIpc) is 2.63. The maximum Gasteiger partial charge on any atom is 0.347 e. The first-order chi connectivity index (χ1) is 12.8. The normalized spacial score (nSPS) is 11.4. The van der Waals surface area contributed by atoms with E-state index < -0.39 is 52.5 Å². The van der Waals surface area contributed by atoms with Gasteiger partial charge in [0.1, 0.15) is 17.4 Å². The molecule has 8 nitrogen and oxygen atoms in total. The molecule has 1 atom stereocenters. The van der Waals surface area contributed by atoms with Gasteiger partial charge in [0.25, 0.3) is 11.6 Å². The number of anilines is 1. The second-order valence-electron chi connectivity index (χ2n) is 5.29. The molecule has 0 aliphatic rings. The number of nitrogens with one attached hydrogen (secondary N) is 1. The smallest absolute Gasteiger partial charge is 0.347 e. The molecule has 0 aromatic heterocycles. The topological polar surface area (TPSA) is 108 Å². The zero-order chi connectivity index (χ0) is 20.0. The summed E-state index contributed by atoms with van der Waals surface area (Å²) < 4.78 is 36.4. The lowest BCUT2D eigenvalue weighted by atomic mass is 10.2. The van der Waals surface area contributed by atoms with Crippen molar-refractivity contribution in [3.8, 4) is 5.75 Å². The number of halogens is 2. The Morgan fingerprint density at radius 3 is 2.48 bits per heavy atom. The average molecular weight is 380 g/mol. The van der Waals surface area contributed by atoms with E-state index in [1.807, 2.05) is 0 Å². The molecule has 142 valence electrons. The van der Waals surface area contributed by atoms with Gasteiger partial charge in [-0.1, -0.05) is 0 Å². The van der Waals surface area contributed by atoms with Gasteiger partial charge in [0.15, 0.2) is 12.7 Å². The lowest BCUT2D eigenvalue weighted by molar-refractivity contribution is -0.384. The summed E-state index contributed by atoms with van der Waals surface area (Å²) in [5, 5.41) is 12.8. The van der Waals surface area contributed by atoms with E-state index >= 15 is 0 Å². The van der Waals surface area contributed by atoms with Crippen molar-refractivity contribution in [3.63, 3.8) is 0 Å². The fourth-order valence-corrected chi connectivity index (χ4v) is 1.93. The Kier molecular flexibility index (Phi) is 6.36. The number of amides is 1. The predicted molar refractivity (Wildman–Crippen MR) is 89.1 cm³/mol. The molecule has 0 unspecified atom stereocenters. The van der Waals surface area contributed by atoms with Gasteiger partial charge in [0.05, 0.1) is 10.6 Å². The first-order valence-corrected chi connectivity index (χ1v) is 7.59. The van der Waals surface area contributed by atoms with Crippen LogP contribution in [0.15, 0.2) is 42.5 Å². The summed E-state index contributed by atoms with van der Waals surface area (Å²) in [6.45, 7) is 0.613. The molecule has 0 saturated carbocycles. The van der Waals surface area contributed by atoms with Crippen LogP contribution in [0.3, 0.4) is 0 Å². The number of carbonyl (C=O) groups excluding carboxylic acids is 2. The summed E-state index contributed by atoms with van der Waals surface area (Å²) in [5.74, 6) is -2.90. The molecular weight excluding hydrogens is 366 g/mol. The summed E-state index contributed by atoms with van der Waals surface area (Å²) in [7, 11) is 0. The Hall–Kier alpha value is -3.56. The second kappa shape index (κ2) is 8.70. The van der Waals surface area contributed by atoms with Crippen LogP contribution in [0.1, 0.15) is 6.92 Å². The van der Waals surface area contributed by atoms with Crippen molar-refractivity contribution in [2.75, 3.05) is 11.9 Å². The lowest BCUT2D eigenvalue weighted by Crippen LogP contribution is -2.29. The summed E-state index contributed by atoms with van der Waals surface area (Å²) in [6.07, 6.45) is -1.09. The number of carbonyl (C=O) groups is 2. The number of nitro groups is 1. The highest BCUT2D eigenvalue weighted by atomic mass is 19.1. The number of rotatable bonds is 7. The minimum absolute atomic E-state index is 0.226. The monoisotopic (exact) mass is 380 g/mol. The third kappa shape index (κ3) is 5.73. The van der Waals surface area contributed by atoms with Gasteiger partial charge in [-0.2, -0.15) is 0 Å². The zero-order valence-electron chi connectivity index (χ0n) is 14.0. The largest absolute Gasteiger partial charge is 0.479 e. The standard InChI is InChI=1S/C17H14F2N2O6/c1-10(27-13-5-2-11(18)3-6-13)17(23)26-9-16(22)20-15-8-12(21(24)25)4-7-14(15)19/h2-8,10H,9H2,1H3,(H,20,22)/t10-/m0/s1. The Balaban J connectivity index is 1.87. The number of non-ortho nitro benzene ring substituents is 1. The van der Waals surface area contributed by atoms with E-state index in [0.29, 0.717) is 0 Å². The predicted octanol–water partition coefficient (Wildman–Crippen LogP) is 2.82. The summed E-state index contributed by atoms with van der Waals surface area (Å²) in [4.78, 5) is 33.5. The third-order valence-electron chi connectivity index (χ3n) is 3.24. The summed E-state index contributed by atoms with van der Waals surface area (Å²) in [6, 6.07) is 7.55. The Bertz CT molecular complexity index is 857. The van der Waals surface area contributed by atoms with E-state index in [9.17, 15) is 28.5 Å². The molecule has 0 heterocycles. The molecule has 27 heavy (non-hydrogen) atoms. The van der Waals surface area contributed by atoms with Crippen molar-refractivity contribution in [1.29, 1.82) is 0 Å². The number of nitrogens with zero attached hydrogens (tertiary/aromatic N) is 1. The molecule has 1 amide bonds. The van der Waals surface area contributed by atoms with E-state index in [2.05, 4.69) is 5.32 Å². The number of hydrogen-bond acceptors (Lipinski definition) is 6. The van der Waals surface area contributed by atoms with Crippen LogP contribution < -0.4 is 10.1 Å². The van der Waals surface area contributed by atoms with Gasteiger partial charge in [-0.25, -0.2) is 13.6 Å². The van der Waals surface area contributed by atoms with Crippen molar-refractivity contribution in [2.45, 2.75) is 13.0 Å². The molecule has 0 fully saturated rings. The van der Waals surface area contributed by atoms with Crippen LogP contribution in [-0.2, 0) is 14.3 Å². The first kappa shape index (κ1) is 19.8. The number of nitro benzene ring substituents is 1. The molecule has 2 aromatic rings. The maximum atomic E-state index is 13.6. The molecule has 2 rings (SSSR count). The zero-order valence-corrected chi connectivity index (χ0v) is 14.0. The third-order valence-corrected chi connectivity index (χ3v) is 3.24. The van der Waals surface area contributed by atoms with Gasteiger partial charge in [-0.3, -0.25) is 14.9 Å². The SMILES string of the molecule is C[C@H](Oc1ccc(F)cc1)C(=O)OCC(=O)Nc1cc([N+](=O)[O-])ccc1F. The fraction of sp³-hybridized carbons (Fsp3) is 0.176. The maximum absolute atomic E-state index is 13.6. The molecule has 1 N–H and O–H groups in total. The van der Waals surface area contributed by atoms with Crippen molar-refractivity contribution in [1.82, 2.24) is 0 Å². The number of esters is 1. The molecule has 0 aliphatic carbocycles. The molecule has 0 bridgehead atoms. The van der Waals surface area contributed by atoms with Crippen LogP contribution in [0.25, 0.3) is 0 Å². The number of ether oxygens (including phenoxy) is 2. The van der Waals surface area contributed by atoms with Crippen molar-refractivity contribution in [2.24, 2.45) is 0 Å². The van der Waals surface area contributed by atoms with Gasteiger partial charge in [0, 0.05) is 12.1 Å². The van der Waals surface area contributed by atoms with E-state index in [-0.39, 0.29) is 5.75 Å². The van der Waals surface area contributed by atoms with E-state index in [1.54, 1.807) is 0 Å². The molecular formula is C17H14F2N2O6. The molecule has 0 saturated heterocycles. The summed E-state index contributed by atoms with van der Waals surface area (Å²) in [5.41, 5.74) is -0.828. The van der Waals surface area contributed by atoms with E-state index in [0.717, 1.165) is 30.3 Å². The van der Waals surface area contributed by atoms with Gasteiger partial charge >= 0.3 is 5.97 Å². The molecule has 0 aliphatic heterocycles. The highest BCUT2D eigenvalue weighted by Crippen LogP contribution is 2.21. The Morgan fingerprint density at radius 1 is 1.19 bits per heavy atom. The minimum atomic E-state index is -1.09. The minimum Gasteiger partial charge on any atom is -0.479 e. The first-order valence-electron chi connectivity index (χ1n) is 7.59. The van der Waals surface area contributed by atoms with Crippen LogP contribution in [0.4, 0.5) is 20.2 Å². The number of benzene rings is 2. The van der Waals surface area contributed by atoms with Crippen molar-refractivity contribution in [3.05, 3.63) is 64.2 Å². The van der Waals surface area contributed by atoms with Crippen LogP contribution in [0.5, 0.6) is 5.75 Å². The van der Waals surface area contributed by atoms with E-state index in [1.165, 1.54) is 19.1 Å².